The molecule has 0 spiro atoms. The van der Waals surface area contributed by atoms with E-state index >= 15 is 0 Å². The third-order valence-corrected chi connectivity index (χ3v) is 4.98. The molecule has 0 amide bonds. The van der Waals surface area contributed by atoms with E-state index in [9.17, 15) is 0 Å². The average Bonchev–Trinajstić information content (AvgIpc) is 3.10. The van der Waals surface area contributed by atoms with Crippen LogP contribution < -0.4 is 4.74 Å². The van der Waals surface area contributed by atoms with Crippen molar-refractivity contribution in [2.24, 2.45) is 5.16 Å². The molecule has 0 N–H and O–H groups in total. The van der Waals surface area contributed by atoms with Crippen LogP contribution in [0.25, 0.3) is 21.3 Å². The van der Waals surface area contributed by atoms with Gasteiger partial charge in [0.2, 0.25) is 0 Å². The molecule has 0 fully saturated rings. The van der Waals surface area contributed by atoms with E-state index < -0.39 is 0 Å². The molecular weight excluding hydrogens is 364 g/mol. The lowest BCUT2D eigenvalue weighted by molar-refractivity contribution is 0.172. The van der Waals surface area contributed by atoms with E-state index in [1.807, 2.05) is 19.1 Å². The van der Waals surface area contributed by atoms with Crippen LogP contribution >= 0.6 is 11.3 Å². The van der Waals surface area contributed by atoms with Crippen molar-refractivity contribution in [3.63, 3.8) is 0 Å². The number of nitrogens with zero attached hydrogens (tertiary/aromatic N) is 6. The summed E-state index contributed by atoms with van der Waals surface area (Å²) in [4.78, 5) is 19.5. The third-order valence-electron chi connectivity index (χ3n) is 3.78. The lowest BCUT2D eigenvalue weighted by atomic mass is 10.2. The highest BCUT2D eigenvalue weighted by molar-refractivity contribution is 7.18. The second-order valence-electron chi connectivity index (χ2n) is 5.69. The van der Waals surface area contributed by atoms with Crippen molar-refractivity contribution < 1.29 is 9.57 Å². The second kappa shape index (κ2) is 7.58. The molecule has 27 heavy (non-hydrogen) atoms. The number of hydrogen-bond donors (Lipinski definition) is 0. The molecular formula is C18H16N6O2S. The summed E-state index contributed by atoms with van der Waals surface area (Å²) in [5, 5.41) is 13.4. The van der Waals surface area contributed by atoms with E-state index in [4.69, 9.17) is 9.57 Å². The minimum atomic E-state index is 0.327. The van der Waals surface area contributed by atoms with Crippen LogP contribution in [-0.2, 0) is 4.84 Å². The Labute approximate surface area is 159 Å². The number of aromatic nitrogens is 5. The van der Waals surface area contributed by atoms with E-state index in [1.165, 1.54) is 11.3 Å². The number of oxime groups is 1. The molecule has 0 bridgehead atoms. The summed E-state index contributed by atoms with van der Waals surface area (Å²) in [5.74, 6) is 0.849. The molecule has 136 valence electrons. The molecule has 0 radical (unpaired) electrons. The number of rotatable bonds is 5. The van der Waals surface area contributed by atoms with Crippen LogP contribution in [0.1, 0.15) is 17.8 Å². The lowest BCUT2D eigenvalue weighted by Crippen LogP contribution is -2.20. The Balaban J connectivity index is 1.72. The summed E-state index contributed by atoms with van der Waals surface area (Å²) in [6.07, 6.45) is 5.74. The first kappa shape index (κ1) is 17.2. The second-order valence-corrected chi connectivity index (χ2v) is 6.68. The largest absolute Gasteiger partial charge is 0.475 e. The van der Waals surface area contributed by atoms with Crippen molar-refractivity contribution in [3.05, 3.63) is 48.6 Å². The minimum Gasteiger partial charge on any atom is -0.475 e. The summed E-state index contributed by atoms with van der Waals surface area (Å²) in [5.41, 5.74) is 3.01. The normalized spacial score (nSPS) is 14.5. The predicted octanol–water partition coefficient (Wildman–Crippen LogP) is 3.05. The van der Waals surface area contributed by atoms with Gasteiger partial charge in [-0.3, -0.25) is 4.98 Å². The van der Waals surface area contributed by atoms with Gasteiger partial charge in [0.05, 0.1) is 17.2 Å². The number of fused-ring (bicyclic) bond motifs is 1. The standard InChI is InChI=1S/C18H16N6O2S/c1-3-8-26-24-13-6-9-25-17-14(13)21-16(22-23-17)15-11(2)20-18(27-15)12-5-4-7-19-10-12/h3-5,7,10H,1,6,8-9H2,2H3/b24-13+. The first-order valence-corrected chi connectivity index (χ1v) is 9.13. The van der Waals surface area contributed by atoms with E-state index in [1.54, 1.807) is 18.5 Å². The van der Waals surface area contributed by atoms with Crippen LogP contribution in [0.4, 0.5) is 0 Å². The van der Waals surface area contributed by atoms with Gasteiger partial charge in [0, 0.05) is 24.4 Å². The molecule has 9 heteroatoms. The van der Waals surface area contributed by atoms with Crippen LogP contribution in [-0.4, -0.2) is 44.1 Å². The van der Waals surface area contributed by atoms with Gasteiger partial charge >= 0.3 is 0 Å². The molecule has 0 unspecified atom stereocenters. The molecule has 0 atom stereocenters. The summed E-state index contributed by atoms with van der Waals surface area (Å²) < 4.78 is 5.54. The van der Waals surface area contributed by atoms with Crippen LogP contribution in [0, 0.1) is 6.92 Å². The lowest BCUT2D eigenvalue weighted by Gasteiger charge is -2.16. The molecule has 4 heterocycles. The average molecular weight is 380 g/mol. The van der Waals surface area contributed by atoms with Crippen LogP contribution in [0.3, 0.4) is 0 Å². The Morgan fingerprint density at radius 1 is 1.37 bits per heavy atom. The minimum absolute atomic E-state index is 0.327. The number of aryl methyl sites for hydroxylation is 1. The Bertz CT molecular complexity index is 1000. The van der Waals surface area contributed by atoms with Gasteiger partial charge in [0.15, 0.2) is 11.5 Å². The summed E-state index contributed by atoms with van der Waals surface area (Å²) in [6.45, 7) is 6.32. The maximum Gasteiger partial charge on any atom is 0.261 e. The molecule has 3 aromatic rings. The number of ether oxygens (including phenoxy) is 1. The molecule has 0 aliphatic carbocycles. The van der Waals surface area contributed by atoms with Crippen molar-refractivity contribution in [2.45, 2.75) is 13.3 Å². The van der Waals surface area contributed by atoms with Crippen molar-refractivity contribution in [3.8, 4) is 27.2 Å². The fourth-order valence-electron chi connectivity index (χ4n) is 2.53. The molecule has 3 aromatic heterocycles. The van der Waals surface area contributed by atoms with Crippen LogP contribution in [0.2, 0.25) is 0 Å². The van der Waals surface area contributed by atoms with E-state index in [0.29, 0.717) is 42.7 Å². The molecule has 1 aliphatic rings. The third kappa shape index (κ3) is 3.54. The van der Waals surface area contributed by atoms with Gasteiger partial charge in [-0.15, -0.1) is 21.5 Å². The van der Waals surface area contributed by atoms with E-state index in [0.717, 1.165) is 21.1 Å². The Morgan fingerprint density at radius 2 is 2.30 bits per heavy atom. The van der Waals surface area contributed by atoms with Gasteiger partial charge in [-0.1, -0.05) is 17.8 Å². The molecule has 8 nitrogen and oxygen atoms in total. The van der Waals surface area contributed by atoms with Gasteiger partial charge in [-0.25, -0.2) is 9.97 Å². The fraction of sp³-hybridized carbons (Fsp3) is 0.222. The van der Waals surface area contributed by atoms with Crippen LogP contribution in [0.15, 0.2) is 42.3 Å². The van der Waals surface area contributed by atoms with Gasteiger partial charge in [0.1, 0.15) is 17.3 Å². The fourth-order valence-corrected chi connectivity index (χ4v) is 3.52. The molecule has 0 aromatic carbocycles. The van der Waals surface area contributed by atoms with Crippen molar-refractivity contribution in [1.29, 1.82) is 0 Å². The monoisotopic (exact) mass is 380 g/mol. The van der Waals surface area contributed by atoms with Gasteiger partial charge in [-0.05, 0) is 19.1 Å². The van der Waals surface area contributed by atoms with Gasteiger partial charge in [0.25, 0.3) is 5.88 Å². The summed E-state index contributed by atoms with van der Waals surface area (Å²) in [6, 6.07) is 3.85. The SMILES string of the molecule is C=CCO/N=C1\CCOc2nnc(-c3sc(-c4cccnc4)nc3C)nc21. The van der Waals surface area contributed by atoms with Crippen molar-refractivity contribution >= 4 is 17.0 Å². The quantitative estimate of drug-likeness (QED) is 0.381. The first-order chi connectivity index (χ1) is 13.3. The molecule has 4 rings (SSSR count). The van der Waals surface area contributed by atoms with Crippen LogP contribution in [0.5, 0.6) is 5.88 Å². The Hall–Kier alpha value is -3.20. The molecule has 0 saturated carbocycles. The van der Waals surface area contributed by atoms with Crippen molar-refractivity contribution in [1.82, 2.24) is 25.1 Å². The van der Waals surface area contributed by atoms with Gasteiger partial charge < -0.3 is 9.57 Å². The van der Waals surface area contributed by atoms with E-state index in [2.05, 4.69) is 36.9 Å². The van der Waals surface area contributed by atoms with Crippen molar-refractivity contribution in [2.75, 3.05) is 13.2 Å². The highest BCUT2D eigenvalue weighted by Crippen LogP contribution is 2.34. The first-order valence-electron chi connectivity index (χ1n) is 8.32. The maximum absolute atomic E-state index is 5.54. The zero-order valence-corrected chi connectivity index (χ0v) is 15.4. The van der Waals surface area contributed by atoms with Gasteiger partial charge in [-0.2, -0.15) is 0 Å². The Kier molecular flexibility index (Phi) is 4.84. The maximum atomic E-state index is 5.54. The number of hydrogen-bond acceptors (Lipinski definition) is 9. The Morgan fingerprint density at radius 3 is 3.11 bits per heavy atom. The highest BCUT2D eigenvalue weighted by Gasteiger charge is 2.24. The summed E-state index contributed by atoms with van der Waals surface area (Å²) in [7, 11) is 0. The highest BCUT2D eigenvalue weighted by atomic mass is 32.1. The number of thiazole rings is 1. The summed E-state index contributed by atoms with van der Waals surface area (Å²) >= 11 is 1.50. The predicted molar refractivity (Wildman–Crippen MR) is 102 cm³/mol. The smallest absolute Gasteiger partial charge is 0.261 e. The molecule has 1 aliphatic heterocycles. The topological polar surface area (TPSA) is 95.3 Å². The van der Waals surface area contributed by atoms with E-state index in [-0.39, 0.29) is 0 Å². The number of pyridine rings is 1. The molecule has 0 saturated heterocycles. The zero-order valence-electron chi connectivity index (χ0n) is 14.6. The zero-order chi connectivity index (χ0) is 18.6.